The van der Waals surface area contributed by atoms with Gasteiger partial charge in [0.15, 0.2) is 16.3 Å². The Morgan fingerprint density at radius 1 is 1.35 bits per heavy atom. The Bertz CT molecular complexity index is 730. The molecule has 6 heteroatoms. The smallest absolute Gasteiger partial charge is 0.245 e. The molecule has 0 radical (unpaired) electrons. The average Bonchev–Trinajstić information content (AvgIpc) is 2.73. The molecule has 2 aromatic rings. The minimum Gasteiger partial charge on any atom is -0.486 e. The Kier molecular flexibility index (Phi) is 3.48. The first-order valence-electron chi connectivity index (χ1n) is 6.67. The van der Waals surface area contributed by atoms with Crippen molar-refractivity contribution in [1.82, 2.24) is 4.57 Å². The summed E-state index contributed by atoms with van der Waals surface area (Å²) in [6, 6.07) is 3.95. The number of fused-ring (bicyclic) bond motifs is 2. The van der Waals surface area contributed by atoms with Crippen molar-refractivity contribution in [2.75, 3.05) is 13.2 Å². The summed E-state index contributed by atoms with van der Waals surface area (Å²) in [6.45, 7) is 5.54. The quantitative estimate of drug-likeness (QED) is 0.853. The number of hydrogen-bond donors (Lipinski definition) is 0. The first-order valence-corrected chi connectivity index (χ1v) is 7.49. The number of benzene rings is 1. The van der Waals surface area contributed by atoms with Crippen LogP contribution in [0.2, 0.25) is 0 Å². The normalized spacial score (nSPS) is 14.8. The molecule has 1 aromatic carbocycles. The fourth-order valence-electron chi connectivity index (χ4n) is 2.27. The number of rotatable bonds is 2. The van der Waals surface area contributed by atoms with Crippen LogP contribution in [0, 0.1) is 0 Å². The molecule has 2 heterocycles. The summed E-state index contributed by atoms with van der Waals surface area (Å²) < 4.78 is 14.3. The summed E-state index contributed by atoms with van der Waals surface area (Å²) in [7, 11) is 0. The number of carbonyl (C=O) groups excluding carboxylic acids is 1. The first kappa shape index (κ1) is 13.2. The third-order valence-corrected chi connectivity index (χ3v) is 4.09. The van der Waals surface area contributed by atoms with Gasteiger partial charge in [-0.2, -0.15) is 4.99 Å². The first-order chi connectivity index (χ1) is 9.69. The molecule has 5 nitrogen and oxygen atoms in total. The number of ether oxygens (including phenoxy) is 2. The van der Waals surface area contributed by atoms with Gasteiger partial charge in [-0.25, -0.2) is 0 Å². The van der Waals surface area contributed by atoms with Crippen molar-refractivity contribution >= 4 is 27.5 Å². The Hall–Kier alpha value is -1.82. The molecule has 1 aliphatic heterocycles. The number of amides is 1. The van der Waals surface area contributed by atoms with E-state index < -0.39 is 0 Å². The van der Waals surface area contributed by atoms with Crippen molar-refractivity contribution < 1.29 is 14.3 Å². The third kappa shape index (κ3) is 2.31. The van der Waals surface area contributed by atoms with Gasteiger partial charge in [-0.05, 0) is 6.42 Å². The predicted molar refractivity (Wildman–Crippen MR) is 77.3 cm³/mol. The fourth-order valence-corrected chi connectivity index (χ4v) is 3.38. The second-order valence-corrected chi connectivity index (χ2v) is 5.64. The van der Waals surface area contributed by atoms with E-state index in [2.05, 4.69) is 16.5 Å². The van der Waals surface area contributed by atoms with Crippen LogP contribution >= 0.6 is 11.3 Å². The van der Waals surface area contributed by atoms with E-state index in [0.717, 1.165) is 39.5 Å². The zero-order valence-electron chi connectivity index (χ0n) is 11.5. The molecule has 1 amide bonds. The van der Waals surface area contributed by atoms with Gasteiger partial charge in [-0.15, -0.1) is 0 Å². The zero-order valence-corrected chi connectivity index (χ0v) is 12.3. The minimum absolute atomic E-state index is 0.182. The molecule has 0 saturated carbocycles. The molecule has 106 valence electrons. The number of hydrogen-bond acceptors (Lipinski definition) is 4. The van der Waals surface area contributed by atoms with Crippen molar-refractivity contribution in [3.05, 3.63) is 16.9 Å². The van der Waals surface area contributed by atoms with Crippen molar-refractivity contribution in [3.63, 3.8) is 0 Å². The summed E-state index contributed by atoms with van der Waals surface area (Å²) in [5, 5.41) is 0. The molecular formula is C14H16N2O3S. The van der Waals surface area contributed by atoms with Gasteiger partial charge in [-0.3, -0.25) is 4.79 Å². The van der Waals surface area contributed by atoms with Crippen LogP contribution in [0.3, 0.4) is 0 Å². The summed E-state index contributed by atoms with van der Waals surface area (Å²) in [5.41, 5.74) is 1.04. The highest BCUT2D eigenvalue weighted by molar-refractivity contribution is 7.16. The van der Waals surface area contributed by atoms with Gasteiger partial charge >= 0.3 is 0 Å². The number of aryl methyl sites for hydroxylation is 1. The topological polar surface area (TPSA) is 52.8 Å². The van der Waals surface area contributed by atoms with Crippen LogP contribution in [0.1, 0.15) is 20.3 Å². The summed E-state index contributed by atoms with van der Waals surface area (Å²) in [4.78, 5) is 16.1. The van der Waals surface area contributed by atoms with Gasteiger partial charge < -0.3 is 14.0 Å². The second kappa shape index (κ2) is 5.28. The Morgan fingerprint density at radius 3 is 2.70 bits per heavy atom. The van der Waals surface area contributed by atoms with Gasteiger partial charge in [0.1, 0.15) is 13.2 Å². The molecule has 0 fully saturated rings. The Morgan fingerprint density at radius 2 is 2.05 bits per heavy atom. The summed E-state index contributed by atoms with van der Waals surface area (Å²) in [6.07, 6.45) is 0.978. The molecule has 0 saturated heterocycles. The van der Waals surface area contributed by atoms with Gasteiger partial charge in [-0.1, -0.05) is 18.3 Å². The SMILES string of the molecule is CCCn1c(=NC(C)=O)sc2cc3c(cc21)OCCO3. The molecule has 0 aliphatic carbocycles. The van der Waals surface area contributed by atoms with Crippen molar-refractivity contribution in [2.45, 2.75) is 26.8 Å². The summed E-state index contributed by atoms with van der Waals surface area (Å²) >= 11 is 1.50. The highest BCUT2D eigenvalue weighted by Crippen LogP contribution is 2.35. The van der Waals surface area contributed by atoms with Crippen LogP contribution in [-0.4, -0.2) is 23.7 Å². The van der Waals surface area contributed by atoms with E-state index >= 15 is 0 Å². The highest BCUT2D eigenvalue weighted by atomic mass is 32.1. The van der Waals surface area contributed by atoms with Crippen molar-refractivity contribution in [2.24, 2.45) is 4.99 Å². The third-order valence-electron chi connectivity index (χ3n) is 3.05. The van der Waals surface area contributed by atoms with E-state index in [-0.39, 0.29) is 5.91 Å². The molecule has 0 bridgehead atoms. The second-order valence-electron chi connectivity index (χ2n) is 4.63. The molecule has 0 unspecified atom stereocenters. The molecule has 0 N–H and O–H groups in total. The predicted octanol–water partition coefficient (Wildman–Crippen LogP) is 2.33. The maximum absolute atomic E-state index is 11.3. The van der Waals surface area contributed by atoms with E-state index in [1.54, 1.807) is 0 Å². The van der Waals surface area contributed by atoms with E-state index in [9.17, 15) is 4.79 Å². The molecule has 20 heavy (non-hydrogen) atoms. The average molecular weight is 292 g/mol. The van der Waals surface area contributed by atoms with Crippen LogP contribution in [0.5, 0.6) is 11.5 Å². The van der Waals surface area contributed by atoms with Crippen LogP contribution in [-0.2, 0) is 11.3 Å². The maximum atomic E-state index is 11.3. The molecule has 0 spiro atoms. The van der Waals surface area contributed by atoms with Crippen LogP contribution in [0.4, 0.5) is 0 Å². The number of nitrogens with zero attached hydrogens (tertiary/aromatic N) is 2. The molecular weight excluding hydrogens is 276 g/mol. The monoisotopic (exact) mass is 292 g/mol. The van der Waals surface area contributed by atoms with E-state index in [0.29, 0.717) is 13.2 Å². The largest absolute Gasteiger partial charge is 0.486 e. The van der Waals surface area contributed by atoms with E-state index in [4.69, 9.17) is 9.47 Å². The highest BCUT2D eigenvalue weighted by Gasteiger charge is 2.16. The lowest BCUT2D eigenvalue weighted by Gasteiger charge is -2.18. The van der Waals surface area contributed by atoms with Gasteiger partial charge in [0.2, 0.25) is 5.91 Å². The number of carbonyl (C=O) groups is 1. The lowest BCUT2D eigenvalue weighted by atomic mass is 10.2. The zero-order chi connectivity index (χ0) is 14.1. The van der Waals surface area contributed by atoms with Gasteiger partial charge in [0.05, 0.1) is 10.2 Å². The van der Waals surface area contributed by atoms with Crippen molar-refractivity contribution in [1.29, 1.82) is 0 Å². The van der Waals surface area contributed by atoms with Gasteiger partial charge in [0.25, 0.3) is 0 Å². The van der Waals surface area contributed by atoms with E-state index in [1.165, 1.54) is 18.3 Å². The molecule has 3 rings (SSSR count). The molecule has 0 atom stereocenters. The lowest BCUT2D eigenvalue weighted by molar-refractivity contribution is -0.116. The number of thiazole rings is 1. The van der Waals surface area contributed by atoms with E-state index in [1.807, 2.05) is 12.1 Å². The Labute approximate surface area is 120 Å². The van der Waals surface area contributed by atoms with Gasteiger partial charge in [0, 0.05) is 25.6 Å². The standard InChI is InChI=1S/C14H16N2O3S/c1-3-4-16-10-7-11-12(19-6-5-18-11)8-13(10)20-14(16)15-9(2)17/h7-8H,3-6H2,1-2H3. The molecule has 1 aromatic heterocycles. The van der Waals surface area contributed by atoms with Crippen LogP contribution in [0.25, 0.3) is 10.2 Å². The number of aromatic nitrogens is 1. The maximum Gasteiger partial charge on any atom is 0.245 e. The van der Waals surface area contributed by atoms with Crippen LogP contribution in [0.15, 0.2) is 17.1 Å². The Balaban J connectivity index is 2.25. The fraction of sp³-hybridized carbons (Fsp3) is 0.429. The lowest BCUT2D eigenvalue weighted by Crippen LogP contribution is -2.17. The molecule has 1 aliphatic rings. The minimum atomic E-state index is -0.182. The summed E-state index contributed by atoms with van der Waals surface area (Å²) in [5.74, 6) is 1.35. The van der Waals surface area contributed by atoms with Crippen LogP contribution < -0.4 is 14.3 Å². The van der Waals surface area contributed by atoms with Crippen molar-refractivity contribution in [3.8, 4) is 11.5 Å².